The van der Waals surface area contributed by atoms with Crippen LogP contribution < -0.4 is 9.64 Å². The molecule has 1 heterocycles. The van der Waals surface area contributed by atoms with Crippen molar-refractivity contribution in [3.8, 4) is 16.9 Å². The van der Waals surface area contributed by atoms with Crippen LogP contribution in [0.25, 0.3) is 11.1 Å². The third-order valence-corrected chi connectivity index (χ3v) is 3.93. The molecule has 108 valence electrons. The van der Waals surface area contributed by atoms with E-state index in [1.165, 1.54) is 0 Å². The van der Waals surface area contributed by atoms with Gasteiger partial charge in [0.25, 0.3) is 0 Å². The summed E-state index contributed by atoms with van der Waals surface area (Å²) in [6.07, 6.45) is 2.77. The highest BCUT2D eigenvalue weighted by Crippen LogP contribution is 2.26. The highest BCUT2D eigenvalue weighted by Gasteiger charge is 2.19. The summed E-state index contributed by atoms with van der Waals surface area (Å²) in [5.41, 5.74) is 3.29. The van der Waals surface area contributed by atoms with Crippen LogP contribution in [0.5, 0.6) is 5.75 Å². The number of piperidine rings is 1. The maximum Gasteiger partial charge on any atom is 0.226 e. The molecular formula is C18H19NO2. The summed E-state index contributed by atoms with van der Waals surface area (Å²) in [6.45, 7) is 0.834. The number of nitrogens with zero attached hydrogens (tertiary/aromatic N) is 1. The summed E-state index contributed by atoms with van der Waals surface area (Å²) >= 11 is 0. The van der Waals surface area contributed by atoms with E-state index in [-0.39, 0.29) is 5.91 Å². The van der Waals surface area contributed by atoms with Crippen LogP contribution in [-0.2, 0) is 4.79 Å². The number of amides is 1. The minimum atomic E-state index is 0.235. The predicted octanol–water partition coefficient (Wildman–Crippen LogP) is 3.88. The zero-order chi connectivity index (χ0) is 14.7. The van der Waals surface area contributed by atoms with Crippen LogP contribution >= 0.6 is 0 Å². The van der Waals surface area contributed by atoms with Crippen LogP contribution in [0, 0.1) is 0 Å². The van der Waals surface area contributed by atoms with Crippen LogP contribution in [0.2, 0.25) is 0 Å². The van der Waals surface area contributed by atoms with Gasteiger partial charge in [0.2, 0.25) is 5.91 Å². The van der Waals surface area contributed by atoms with E-state index in [1.54, 1.807) is 7.11 Å². The molecule has 0 N–H and O–H groups in total. The van der Waals surface area contributed by atoms with E-state index in [2.05, 4.69) is 12.1 Å². The summed E-state index contributed by atoms with van der Waals surface area (Å²) in [4.78, 5) is 13.8. The van der Waals surface area contributed by atoms with Crippen molar-refractivity contribution in [1.29, 1.82) is 0 Å². The zero-order valence-corrected chi connectivity index (χ0v) is 12.2. The Morgan fingerprint density at radius 2 is 1.52 bits per heavy atom. The fraction of sp³-hybridized carbons (Fsp3) is 0.278. The number of hydrogen-bond acceptors (Lipinski definition) is 2. The van der Waals surface area contributed by atoms with Crippen molar-refractivity contribution >= 4 is 11.6 Å². The minimum Gasteiger partial charge on any atom is -0.497 e. The summed E-state index contributed by atoms with van der Waals surface area (Å²) in [6, 6.07) is 16.2. The summed E-state index contributed by atoms with van der Waals surface area (Å²) < 4.78 is 5.17. The molecule has 3 nitrogen and oxygen atoms in total. The summed E-state index contributed by atoms with van der Waals surface area (Å²) in [5, 5.41) is 0. The van der Waals surface area contributed by atoms with Crippen LogP contribution in [0.3, 0.4) is 0 Å². The fourth-order valence-corrected chi connectivity index (χ4v) is 2.70. The zero-order valence-electron chi connectivity index (χ0n) is 12.2. The van der Waals surface area contributed by atoms with E-state index in [1.807, 2.05) is 41.3 Å². The van der Waals surface area contributed by atoms with Gasteiger partial charge in [0.05, 0.1) is 7.11 Å². The van der Waals surface area contributed by atoms with Gasteiger partial charge in [-0.2, -0.15) is 0 Å². The third-order valence-electron chi connectivity index (χ3n) is 3.93. The molecule has 0 aliphatic carbocycles. The first-order valence-corrected chi connectivity index (χ1v) is 7.33. The Labute approximate surface area is 125 Å². The van der Waals surface area contributed by atoms with Crippen molar-refractivity contribution in [2.24, 2.45) is 0 Å². The van der Waals surface area contributed by atoms with Crippen molar-refractivity contribution in [3.05, 3.63) is 48.5 Å². The van der Waals surface area contributed by atoms with E-state index >= 15 is 0 Å². The Hall–Kier alpha value is -2.29. The molecule has 21 heavy (non-hydrogen) atoms. The van der Waals surface area contributed by atoms with Crippen molar-refractivity contribution < 1.29 is 9.53 Å². The number of ether oxygens (including phenoxy) is 1. The summed E-state index contributed by atoms with van der Waals surface area (Å²) in [5.74, 6) is 1.09. The number of carbonyl (C=O) groups excluding carboxylic acids is 1. The highest BCUT2D eigenvalue weighted by atomic mass is 16.5. The van der Waals surface area contributed by atoms with E-state index in [4.69, 9.17) is 4.74 Å². The second kappa shape index (κ2) is 6.00. The van der Waals surface area contributed by atoms with Gasteiger partial charge in [-0.25, -0.2) is 0 Å². The van der Waals surface area contributed by atoms with Gasteiger partial charge in [-0.05, 0) is 48.2 Å². The van der Waals surface area contributed by atoms with Gasteiger partial charge in [-0.15, -0.1) is 0 Å². The smallest absolute Gasteiger partial charge is 0.226 e. The topological polar surface area (TPSA) is 29.5 Å². The van der Waals surface area contributed by atoms with Gasteiger partial charge in [-0.3, -0.25) is 4.79 Å². The fourth-order valence-electron chi connectivity index (χ4n) is 2.70. The molecule has 2 aromatic rings. The van der Waals surface area contributed by atoms with Crippen molar-refractivity contribution in [2.45, 2.75) is 19.3 Å². The molecule has 0 aromatic heterocycles. The molecule has 1 saturated heterocycles. The van der Waals surface area contributed by atoms with E-state index in [0.29, 0.717) is 6.42 Å². The Kier molecular flexibility index (Phi) is 3.91. The molecule has 1 aliphatic heterocycles. The molecular weight excluding hydrogens is 262 g/mol. The van der Waals surface area contributed by atoms with Crippen LogP contribution in [-0.4, -0.2) is 19.6 Å². The first kappa shape index (κ1) is 13.7. The van der Waals surface area contributed by atoms with Crippen molar-refractivity contribution in [3.63, 3.8) is 0 Å². The lowest BCUT2D eigenvalue weighted by molar-refractivity contribution is -0.119. The Morgan fingerprint density at radius 3 is 2.10 bits per heavy atom. The number of anilines is 1. The maximum atomic E-state index is 11.9. The second-order valence-corrected chi connectivity index (χ2v) is 5.28. The molecule has 1 aliphatic rings. The number of rotatable bonds is 3. The van der Waals surface area contributed by atoms with Gasteiger partial charge in [-0.1, -0.05) is 24.3 Å². The number of benzene rings is 2. The molecule has 0 unspecified atom stereocenters. The largest absolute Gasteiger partial charge is 0.497 e. The molecule has 2 aromatic carbocycles. The van der Waals surface area contributed by atoms with Gasteiger partial charge >= 0.3 is 0 Å². The summed E-state index contributed by atoms with van der Waals surface area (Å²) in [7, 11) is 1.67. The molecule has 1 amide bonds. The lowest BCUT2D eigenvalue weighted by Gasteiger charge is -2.26. The molecule has 3 heteroatoms. The normalized spacial score (nSPS) is 15.1. The number of carbonyl (C=O) groups is 1. The standard InChI is InChI=1S/C18H19NO2/c1-21-17-11-7-15(8-12-17)14-5-9-16(10-6-14)19-13-3-2-4-18(19)20/h5-12H,2-4,13H2,1H3. The van der Waals surface area contributed by atoms with Gasteiger partial charge in [0, 0.05) is 18.7 Å². The molecule has 0 spiro atoms. The van der Waals surface area contributed by atoms with E-state index in [9.17, 15) is 4.79 Å². The van der Waals surface area contributed by atoms with Crippen molar-refractivity contribution in [1.82, 2.24) is 0 Å². The SMILES string of the molecule is COc1ccc(-c2ccc(N3CCCCC3=O)cc2)cc1. The Balaban J connectivity index is 1.81. The van der Waals surface area contributed by atoms with E-state index < -0.39 is 0 Å². The first-order chi connectivity index (χ1) is 10.3. The Bertz CT molecular complexity index is 617. The minimum absolute atomic E-state index is 0.235. The molecule has 1 fully saturated rings. The lowest BCUT2D eigenvalue weighted by Crippen LogP contribution is -2.35. The van der Waals surface area contributed by atoms with Crippen LogP contribution in [0.15, 0.2) is 48.5 Å². The van der Waals surface area contributed by atoms with Crippen molar-refractivity contribution in [2.75, 3.05) is 18.6 Å². The lowest BCUT2D eigenvalue weighted by atomic mass is 10.0. The highest BCUT2D eigenvalue weighted by molar-refractivity contribution is 5.94. The monoisotopic (exact) mass is 281 g/mol. The van der Waals surface area contributed by atoms with Gasteiger partial charge in [0.15, 0.2) is 0 Å². The second-order valence-electron chi connectivity index (χ2n) is 5.28. The molecule has 0 saturated carbocycles. The first-order valence-electron chi connectivity index (χ1n) is 7.33. The van der Waals surface area contributed by atoms with Crippen LogP contribution in [0.4, 0.5) is 5.69 Å². The third kappa shape index (κ3) is 2.92. The van der Waals surface area contributed by atoms with Gasteiger partial charge < -0.3 is 9.64 Å². The predicted molar refractivity (Wildman–Crippen MR) is 84.6 cm³/mol. The average Bonchev–Trinajstić information content (AvgIpc) is 2.56. The number of methoxy groups -OCH3 is 1. The average molecular weight is 281 g/mol. The number of hydrogen-bond donors (Lipinski definition) is 0. The molecule has 3 rings (SSSR count). The van der Waals surface area contributed by atoms with Crippen LogP contribution in [0.1, 0.15) is 19.3 Å². The maximum absolute atomic E-state index is 11.9. The molecule has 0 atom stereocenters. The van der Waals surface area contributed by atoms with E-state index in [0.717, 1.165) is 42.0 Å². The quantitative estimate of drug-likeness (QED) is 0.854. The van der Waals surface area contributed by atoms with Gasteiger partial charge in [0.1, 0.15) is 5.75 Å². The Morgan fingerprint density at radius 1 is 0.905 bits per heavy atom. The molecule has 0 radical (unpaired) electrons. The molecule has 0 bridgehead atoms.